The van der Waals surface area contributed by atoms with Gasteiger partial charge in [-0.1, -0.05) is 12.1 Å². The Hall–Kier alpha value is -2.21. The molecule has 10 nitrogen and oxygen atoms in total. The number of esters is 2. The van der Waals surface area contributed by atoms with Crippen molar-refractivity contribution in [2.24, 2.45) is 5.16 Å². The van der Waals surface area contributed by atoms with Gasteiger partial charge < -0.3 is 20.0 Å². The number of hydrogen-bond donors (Lipinski definition) is 1. The number of nitrogens with two attached hydrogens (primary N) is 1. The van der Waals surface area contributed by atoms with Crippen LogP contribution in [-0.4, -0.2) is 53.9 Å². The van der Waals surface area contributed by atoms with Crippen molar-refractivity contribution < 1.29 is 32.3 Å². The van der Waals surface area contributed by atoms with Gasteiger partial charge in [-0.05, 0) is 34.6 Å². The molecular formula is C16H25N3O7S2. The van der Waals surface area contributed by atoms with E-state index in [9.17, 15) is 18.0 Å². The third-order valence-corrected chi connectivity index (χ3v) is 5.77. The van der Waals surface area contributed by atoms with Gasteiger partial charge in [0.25, 0.3) is 0 Å². The predicted molar refractivity (Wildman–Crippen MR) is 104 cm³/mol. The van der Waals surface area contributed by atoms with Gasteiger partial charge in [-0.15, -0.1) is 11.3 Å². The molecule has 0 saturated heterocycles. The third kappa shape index (κ3) is 7.08. The SMILES string of the molecule is CCS(=O)(=O)C(C)OC(=O)C(=NOC(C)C(=O)OC(C)(C)C)c1csc(N)n1. The smallest absolute Gasteiger partial charge is 0.364 e. The van der Waals surface area contributed by atoms with Crippen LogP contribution in [0.25, 0.3) is 0 Å². The summed E-state index contributed by atoms with van der Waals surface area (Å²) in [6.07, 6.45) is -1.13. The summed E-state index contributed by atoms with van der Waals surface area (Å²) in [6.45, 7) is 9.13. The molecular weight excluding hydrogens is 410 g/mol. The highest BCUT2D eigenvalue weighted by molar-refractivity contribution is 7.91. The van der Waals surface area contributed by atoms with Crippen molar-refractivity contribution >= 4 is 44.0 Å². The number of carbonyl (C=O) groups excluding carboxylic acids is 2. The Kier molecular flexibility index (Phi) is 7.94. The second-order valence-electron chi connectivity index (χ2n) is 6.72. The Balaban J connectivity index is 3.05. The molecule has 0 bridgehead atoms. The molecule has 0 saturated carbocycles. The van der Waals surface area contributed by atoms with Gasteiger partial charge in [0.1, 0.15) is 11.3 Å². The lowest BCUT2D eigenvalue weighted by atomic mass is 10.2. The Morgan fingerprint density at radius 3 is 2.39 bits per heavy atom. The number of carbonyl (C=O) groups is 2. The van der Waals surface area contributed by atoms with Crippen LogP contribution in [0.5, 0.6) is 0 Å². The lowest BCUT2D eigenvalue weighted by Gasteiger charge is -2.21. The minimum absolute atomic E-state index is 0.0324. The summed E-state index contributed by atoms with van der Waals surface area (Å²) >= 11 is 1.04. The molecule has 12 heteroatoms. The molecule has 0 spiro atoms. The van der Waals surface area contributed by atoms with Crippen molar-refractivity contribution in [2.75, 3.05) is 11.5 Å². The summed E-state index contributed by atoms with van der Waals surface area (Å²) < 4.78 is 33.8. The number of nitrogens with zero attached hydrogens (tertiary/aromatic N) is 2. The molecule has 1 aromatic heterocycles. The Bertz CT molecular complexity index is 841. The first-order valence-corrected chi connectivity index (χ1v) is 11.0. The quantitative estimate of drug-likeness (QED) is 0.364. The molecule has 1 heterocycles. The molecule has 2 atom stereocenters. The van der Waals surface area contributed by atoms with E-state index in [2.05, 4.69) is 10.1 Å². The third-order valence-electron chi connectivity index (χ3n) is 3.18. The molecule has 0 radical (unpaired) electrons. The minimum atomic E-state index is -3.62. The minimum Gasteiger partial charge on any atom is -0.457 e. The first-order chi connectivity index (χ1) is 12.8. The normalized spacial score (nSPS) is 14.9. The van der Waals surface area contributed by atoms with Crippen LogP contribution in [0, 0.1) is 0 Å². The topological polar surface area (TPSA) is 147 Å². The molecule has 0 aliphatic carbocycles. The maximum absolute atomic E-state index is 12.4. The summed E-state index contributed by atoms with van der Waals surface area (Å²) in [6, 6.07) is 0. The molecule has 0 aromatic carbocycles. The fourth-order valence-corrected chi connectivity index (χ4v) is 2.91. The number of anilines is 1. The predicted octanol–water partition coefficient (Wildman–Crippen LogP) is 1.50. The maximum atomic E-state index is 12.4. The standard InChI is InChI=1S/C16H25N3O7S2/c1-7-28(22,23)10(3)24-14(21)12(11-8-27-15(17)18-11)19-26-9(2)13(20)25-16(4,5)6/h8-10H,7H2,1-6H3,(H2,17,18). The van der Waals surface area contributed by atoms with Crippen LogP contribution >= 0.6 is 11.3 Å². The van der Waals surface area contributed by atoms with Crippen LogP contribution < -0.4 is 5.73 Å². The average molecular weight is 436 g/mol. The number of ether oxygens (including phenoxy) is 2. The first-order valence-electron chi connectivity index (χ1n) is 8.37. The zero-order valence-electron chi connectivity index (χ0n) is 16.6. The second kappa shape index (κ2) is 9.32. The van der Waals surface area contributed by atoms with E-state index in [-0.39, 0.29) is 16.6 Å². The highest BCUT2D eigenvalue weighted by Gasteiger charge is 2.29. The zero-order chi connectivity index (χ0) is 21.7. The van der Waals surface area contributed by atoms with Gasteiger partial charge in [0.15, 0.2) is 20.4 Å². The van der Waals surface area contributed by atoms with E-state index in [1.807, 2.05) is 0 Å². The molecule has 0 fully saturated rings. The van der Waals surface area contributed by atoms with Crippen molar-refractivity contribution in [1.82, 2.24) is 4.98 Å². The molecule has 2 N–H and O–H groups in total. The number of oxime groups is 1. The average Bonchev–Trinajstić information content (AvgIpc) is 2.99. The van der Waals surface area contributed by atoms with Gasteiger partial charge in [-0.3, -0.25) is 0 Å². The number of nitrogen functional groups attached to an aromatic ring is 1. The van der Waals surface area contributed by atoms with Crippen LogP contribution in [0.15, 0.2) is 10.5 Å². The molecule has 0 amide bonds. The van der Waals surface area contributed by atoms with Gasteiger partial charge >= 0.3 is 11.9 Å². The fourth-order valence-electron chi connectivity index (χ4n) is 1.66. The van der Waals surface area contributed by atoms with E-state index >= 15 is 0 Å². The molecule has 28 heavy (non-hydrogen) atoms. The van der Waals surface area contributed by atoms with Crippen LogP contribution in [0.1, 0.15) is 47.2 Å². The van der Waals surface area contributed by atoms with Gasteiger partial charge in [-0.25, -0.2) is 23.0 Å². The van der Waals surface area contributed by atoms with Gasteiger partial charge in [0.05, 0.1) is 5.75 Å². The first kappa shape index (κ1) is 23.8. The van der Waals surface area contributed by atoms with E-state index in [1.165, 1.54) is 26.2 Å². The summed E-state index contributed by atoms with van der Waals surface area (Å²) in [5, 5.41) is 5.24. The maximum Gasteiger partial charge on any atom is 0.364 e. The molecule has 2 unspecified atom stereocenters. The van der Waals surface area contributed by atoms with Crippen molar-refractivity contribution in [2.45, 2.75) is 58.7 Å². The summed E-state index contributed by atoms with van der Waals surface area (Å²) in [4.78, 5) is 33.4. The number of thiazole rings is 1. The molecule has 0 aliphatic rings. The summed E-state index contributed by atoms with van der Waals surface area (Å²) in [5.74, 6) is -1.97. The number of aromatic nitrogens is 1. The van der Waals surface area contributed by atoms with Crippen molar-refractivity contribution in [3.8, 4) is 0 Å². The van der Waals surface area contributed by atoms with Crippen LogP contribution in [-0.2, 0) is 33.7 Å². The highest BCUT2D eigenvalue weighted by Crippen LogP contribution is 2.15. The summed E-state index contributed by atoms with van der Waals surface area (Å²) in [7, 11) is -3.62. The van der Waals surface area contributed by atoms with Gasteiger partial charge in [0.2, 0.25) is 11.8 Å². The van der Waals surface area contributed by atoms with E-state index in [1.54, 1.807) is 20.8 Å². The molecule has 158 valence electrons. The molecule has 0 aliphatic heterocycles. The number of rotatable bonds is 8. The summed E-state index contributed by atoms with van der Waals surface area (Å²) in [5.41, 5.74) is 3.07. The van der Waals surface area contributed by atoms with Crippen LogP contribution in [0.2, 0.25) is 0 Å². The Labute approximate surface area is 168 Å². The lowest BCUT2D eigenvalue weighted by Crippen LogP contribution is -2.32. The Morgan fingerprint density at radius 1 is 1.32 bits per heavy atom. The van der Waals surface area contributed by atoms with Crippen LogP contribution in [0.4, 0.5) is 5.13 Å². The van der Waals surface area contributed by atoms with E-state index in [0.717, 1.165) is 11.3 Å². The molecule has 1 aromatic rings. The monoisotopic (exact) mass is 435 g/mol. The lowest BCUT2D eigenvalue weighted by molar-refractivity contribution is -0.167. The van der Waals surface area contributed by atoms with E-state index in [0.29, 0.717) is 0 Å². The largest absolute Gasteiger partial charge is 0.457 e. The van der Waals surface area contributed by atoms with Gasteiger partial charge in [-0.2, -0.15) is 0 Å². The van der Waals surface area contributed by atoms with E-state index in [4.69, 9.17) is 20.0 Å². The van der Waals surface area contributed by atoms with E-state index < -0.39 is 44.6 Å². The van der Waals surface area contributed by atoms with Crippen molar-refractivity contribution in [3.05, 3.63) is 11.1 Å². The van der Waals surface area contributed by atoms with Crippen molar-refractivity contribution in [1.29, 1.82) is 0 Å². The fraction of sp³-hybridized carbons (Fsp3) is 0.625. The number of hydrogen-bond acceptors (Lipinski definition) is 11. The van der Waals surface area contributed by atoms with Crippen molar-refractivity contribution in [3.63, 3.8) is 0 Å². The molecule has 1 rings (SSSR count). The van der Waals surface area contributed by atoms with Gasteiger partial charge in [0, 0.05) is 5.38 Å². The zero-order valence-corrected chi connectivity index (χ0v) is 18.2. The second-order valence-corrected chi connectivity index (χ2v) is 10.2. The van der Waals surface area contributed by atoms with Crippen LogP contribution in [0.3, 0.4) is 0 Å². The number of sulfone groups is 1. The Morgan fingerprint density at radius 2 is 1.93 bits per heavy atom. The highest BCUT2D eigenvalue weighted by atomic mass is 32.2.